The van der Waals surface area contributed by atoms with E-state index in [4.69, 9.17) is 4.74 Å². The van der Waals surface area contributed by atoms with Gasteiger partial charge in [0.2, 0.25) is 5.91 Å². The monoisotopic (exact) mass is 617 g/mol. The lowest BCUT2D eigenvalue weighted by atomic mass is 9.92. The van der Waals surface area contributed by atoms with Gasteiger partial charge in [-0.25, -0.2) is 9.18 Å². The van der Waals surface area contributed by atoms with Gasteiger partial charge >= 0.3 is 6.03 Å². The Kier molecular flexibility index (Phi) is 12.1. The Bertz CT molecular complexity index is 1430. The van der Waals surface area contributed by atoms with E-state index < -0.39 is 0 Å². The van der Waals surface area contributed by atoms with Crippen LogP contribution < -0.4 is 16.0 Å². The van der Waals surface area contributed by atoms with E-state index in [-0.39, 0.29) is 35.6 Å². The smallest absolute Gasteiger partial charge is 0.317 e. The number of rotatable bonds is 12. The Balaban J connectivity index is 1.38. The van der Waals surface area contributed by atoms with Crippen molar-refractivity contribution in [2.45, 2.75) is 46.7 Å². The Labute approximate surface area is 265 Å². The van der Waals surface area contributed by atoms with Crippen molar-refractivity contribution >= 4 is 29.2 Å². The molecule has 0 aromatic heterocycles. The molecule has 240 valence electrons. The molecule has 1 aliphatic heterocycles. The Morgan fingerprint density at radius 2 is 1.58 bits per heavy atom. The molecule has 4 amide bonds. The normalized spacial score (nSPS) is 13.6. The van der Waals surface area contributed by atoms with Gasteiger partial charge in [-0.3, -0.25) is 14.5 Å². The van der Waals surface area contributed by atoms with Gasteiger partial charge in [0.05, 0.1) is 24.6 Å². The zero-order chi connectivity index (χ0) is 32.2. The van der Waals surface area contributed by atoms with Crippen LogP contribution in [0.1, 0.15) is 55.1 Å². The van der Waals surface area contributed by atoms with Crippen molar-refractivity contribution in [3.05, 3.63) is 95.3 Å². The topological polar surface area (TPSA) is 103 Å². The predicted octanol–water partition coefficient (Wildman–Crippen LogP) is 5.89. The van der Waals surface area contributed by atoms with Crippen LogP contribution in [0, 0.1) is 11.2 Å². The first-order chi connectivity index (χ1) is 21.6. The molecule has 0 atom stereocenters. The molecule has 0 unspecified atom stereocenters. The molecule has 1 aliphatic rings. The van der Waals surface area contributed by atoms with Crippen molar-refractivity contribution in [1.82, 2.24) is 15.1 Å². The summed E-state index contributed by atoms with van der Waals surface area (Å²) < 4.78 is 19.1. The average Bonchev–Trinajstić information content (AvgIpc) is 3.00. The second kappa shape index (κ2) is 16.2. The molecule has 9 nitrogen and oxygen atoms in total. The first-order valence-corrected chi connectivity index (χ1v) is 15.4. The number of hydrogen-bond donors (Lipinski definition) is 3. The predicted molar refractivity (Wildman–Crippen MR) is 174 cm³/mol. The quantitative estimate of drug-likeness (QED) is 0.235. The van der Waals surface area contributed by atoms with Crippen molar-refractivity contribution in [2.75, 3.05) is 50.0 Å². The van der Waals surface area contributed by atoms with E-state index in [2.05, 4.69) is 20.9 Å². The standard InChI is InChI=1S/C35H44FN5O4/c1-35(2,3)23-32(42)38-30-10-4-5-11-31(30)39-33(43)28-14-12-26(13-15-28)25-41(17-7-16-40-18-20-45-21-19-40)34(44)37-24-27-8-6-9-29(36)22-27/h4-6,8-15,22H,7,16-21,23-25H2,1-3H3,(H,37,44)(H,38,42)(H,39,43). The Morgan fingerprint density at radius 1 is 0.889 bits per heavy atom. The number of urea groups is 1. The van der Waals surface area contributed by atoms with Crippen molar-refractivity contribution in [3.8, 4) is 0 Å². The summed E-state index contributed by atoms with van der Waals surface area (Å²) in [5, 5.41) is 8.72. The molecule has 1 saturated heterocycles. The number of nitrogens with one attached hydrogen (secondary N) is 3. The van der Waals surface area contributed by atoms with Crippen LogP contribution in [0.4, 0.5) is 20.6 Å². The second-order valence-electron chi connectivity index (χ2n) is 12.5. The number of benzene rings is 3. The highest BCUT2D eigenvalue weighted by Gasteiger charge is 2.19. The molecule has 1 fully saturated rings. The van der Waals surface area contributed by atoms with Crippen LogP contribution in [0.15, 0.2) is 72.8 Å². The van der Waals surface area contributed by atoms with Crippen LogP contribution in [0.5, 0.6) is 0 Å². The van der Waals surface area contributed by atoms with Gasteiger partial charge in [-0.2, -0.15) is 0 Å². The fourth-order valence-corrected chi connectivity index (χ4v) is 5.05. The zero-order valence-corrected chi connectivity index (χ0v) is 26.4. The van der Waals surface area contributed by atoms with Crippen LogP contribution in [0.3, 0.4) is 0 Å². The van der Waals surface area contributed by atoms with Crippen LogP contribution in [-0.4, -0.2) is 67.0 Å². The summed E-state index contributed by atoms with van der Waals surface area (Å²) in [5.41, 5.74) is 2.88. The minimum Gasteiger partial charge on any atom is -0.379 e. The third-order valence-corrected chi connectivity index (χ3v) is 7.36. The van der Waals surface area contributed by atoms with Crippen LogP contribution in [0.25, 0.3) is 0 Å². The van der Waals surface area contributed by atoms with Crippen molar-refractivity contribution < 1.29 is 23.5 Å². The third-order valence-electron chi connectivity index (χ3n) is 7.36. The lowest BCUT2D eigenvalue weighted by Crippen LogP contribution is -2.42. The maximum Gasteiger partial charge on any atom is 0.317 e. The van der Waals surface area contributed by atoms with Crippen molar-refractivity contribution in [2.24, 2.45) is 5.41 Å². The van der Waals surface area contributed by atoms with Gasteiger partial charge in [0.1, 0.15) is 5.82 Å². The largest absolute Gasteiger partial charge is 0.379 e. The van der Waals surface area contributed by atoms with E-state index in [9.17, 15) is 18.8 Å². The first-order valence-electron chi connectivity index (χ1n) is 15.4. The number of morpholine rings is 1. The van der Waals surface area contributed by atoms with Crippen LogP contribution in [-0.2, 0) is 22.6 Å². The van der Waals surface area contributed by atoms with Gasteiger partial charge in [-0.1, -0.05) is 57.2 Å². The summed E-state index contributed by atoms with van der Waals surface area (Å²) >= 11 is 0. The van der Waals surface area contributed by atoms with E-state index in [0.717, 1.165) is 44.8 Å². The maximum atomic E-state index is 13.6. The average molecular weight is 618 g/mol. The van der Waals surface area contributed by atoms with Gasteiger partial charge in [0.15, 0.2) is 0 Å². The highest BCUT2D eigenvalue weighted by molar-refractivity contribution is 6.07. The highest BCUT2D eigenvalue weighted by atomic mass is 19.1. The number of halogens is 1. The number of para-hydroxylation sites is 2. The fraction of sp³-hybridized carbons (Fsp3) is 0.400. The number of anilines is 2. The molecule has 4 rings (SSSR count). The molecular formula is C35H44FN5O4. The minimum absolute atomic E-state index is 0.122. The zero-order valence-electron chi connectivity index (χ0n) is 26.4. The summed E-state index contributed by atoms with van der Waals surface area (Å²) in [5.74, 6) is -0.778. The number of carbonyl (C=O) groups is 3. The molecule has 10 heteroatoms. The summed E-state index contributed by atoms with van der Waals surface area (Å²) in [6.07, 6.45) is 1.14. The van der Waals surface area contributed by atoms with E-state index in [1.165, 1.54) is 12.1 Å². The van der Waals surface area contributed by atoms with Gasteiger partial charge in [0.25, 0.3) is 5.91 Å². The number of amides is 4. The highest BCUT2D eigenvalue weighted by Crippen LogP contribution is 2.25. The summed E-state index contributed by atoms with van der Waals surface area (Å²) in [6.45, 7) is 11.1. The molecule has 45 heavy (non-hydrogen) atoms. The van der Waals surface area contributed by atoms with Gasteiger partial charge in [-0.15, -0.1) is 0 Å². The number of ether oxygens (including phenoxy) is 1. The van der Waals surface area contributed by atoms with Gasteiger partial charge in [0, 0.05) is 51.3 Å². The van der Waals surface area contributed by atoms with E-state index >= 15 is 0 Å². The third kappa shape index (κ3) is 11.3. The SMILES string of the molecule is CC(C)(C)CC(=O)Nc1ccccc1NC(=O)c1ccc(CN(CCCN2CCOCC2)C(=O)NCc2cccc(F)c2)cc1. The van der Waals surface area contributed by atoms with Gasteiger partial charge in [-0.05, 0) is 59.4 Å². The molecular weight excluding hydrogens is 573 g/mol. The molecule has 1 heterocycles. The van der Waals surface area contributed by atoms with Gasteiger partial charge < -0.3 is 25.6 Å². The van der Waals surface area contributed by atoms with Crippen molar-refractivity contribution in [1.29, 1.82) is 0 Å². The lowest BCUT2D eigenvalue weighted by molar-refractivity contribution is -0.117. The Morgan fingerprint density at radius 3 is 2.24 bits per heavy atom. The van der Waals surface area contributed by atoms with Crippen LogP contribution >= 0.6 is 0 Å². The molecule has 3 aromatic rings. The Hall–Kier alpha value is -4.28. The molecule has 3 aromatic carbocycles. The summed E-state index contributed by atoms with van der Waals surface area (Å²) in [6, 6.07) is 20.2. The molecule has 0 saturated carbocycles. The maximum absolute atomic E-state index is 13.6. The van der Waals surface area contributed by atoms with E-state index in [1.54, 1.807) is 53.4 Å². The molecule has 0 radical (unpaired) electrons. The summed E-state index contributed by atoms with van der Waals surface area (Å²) in [4.78, 5) is 42.9. The van der Waals surface area contributed by atoms with E-state index in [1.807, 2.05) is 32.9 Å². The molecule has 0 bridgehead atoms. The lowest BCUT2D eigenvalue weighted by Gasteiger charge is -2.28. The second-order valence-corrected chi connectivity index (χ2v) is 12.5. The van der Waals surface area contributed by atoms with Crippen molar-refractivity contribution in [3.63, 3.8) is 0 Å². The molecule has 0 aliphatic carbocycles. The van der Waals surface area contributed by atoms with E-state index in [0.29, 0.717) is 42.0 Å². The number of carbonyl (C=O) groups excluding carboxylic acids is 3. The number of hydrogen-bond acceptors (Lipinski definition) is 5. The summed E-state index contributed by atoms with van der Waals surface area (Å²) in [7, 11) is 0. The minimum atomic E-state index is -0.345. The fourth-order valence-electron chi connectivity index (χ4n) is 5.05. The van der Waals surface area contributed by atoms with Crippen LogP contribution in [0.2, 0.25) is 0 Å². The molecule has 0 spiro atoms. The molecule has 3 N–H and O–H groups in total. The first kappa shape index (κ1) is 33.6. The number of nitrogens with zero attached hydrogens (tertiary/aromatic N) is 2.